The van der Waals surface area contributed by atoms with E-state index in [1.165, 1.54) is 4.90 Å². The fourth-order valence-electron chi connectivity index (χ4n) is 4.58. The van der Waals surface area contributed by atoms with E-state index in [4.69, 9.17) is 9.47 Å². The minimum atomic E-state index is -4.69. The maximum Gasteiger partial charge on any atom is 0.416 e. The van der Waals surface area contributed by atoms with Crippen LogP contribution in [0.5, 0.6) is 5.75 Å². The van der Waals surface area contributed by atoms with Gasteiger partial charge in [0.1, 0.15) is 24.0 Å². The molecular weight excluding hydrogens is 585 g/mol. The van der Waals surface area contributed by atoms with Crippen LogP contribution in [-0.4, -0.2) is 52.9 Å². The van der Waals surface area contributed by atoms with Gasteiger partial charge in [0, 0.05) is 25.1 Å². The summed E-state index contributed by atoms with van der Waals surface area (Å²) in [6.07, 6.45) is -4.33. The van der Waals surface area contributed by atoms with Crippen LogP contribution in [0.3, 0.4) is 0 Å². The molecule has 0 radical (unpaired) electrons. The Morgan fingerprint density at radius 2 is 1.82 bits per heavy atom. The van der Waals surface area contributed by atoms with Crippen molar-refractivity contribution in [3.63, 3.8) is 0 Å². The van der Waals surface area contributed by atoms with Crippen molar-refractivity contribution in [2.45, 2.75) is 64.5 Å². The van der Waals surface area contributed by atoms with Crippen LogP contribution in [0.2, 0.25) is 0 Å². The van der Waals surface area contributed by atoms with Crippen LogP contribution in [0.25, 0.3) is 0 Å². The number of alkyl halides is 3. The highest BCUT2D eigenvalue weighted by Gasteiger charge is 2.39. The van der Waals surface area contributed by atoms with E-state index in [-0.39, 0.29) is 54.8 Å². The number of hydrogen-bond donors (Lipinski definition) is 3. The third-order valence-electron chi connectivity index (χ3n) is 6.69. The number of carbonyl (C=O) groups is 5. The Kier molecular flexibility index (Phi) is 9.02. The molecular formula is C30H31F3N4O7. The highest BCUT2D eigenvalue weighted by atomic mass is 19.4. The maximum atomic E-state index is 13.4. The van der Waals surface area contributed by atoms with Crippen molar-refractivity contribution in [3.05, 3.63) is 70.8 Å². The molecule has 1 unspecified atom stereocenters. The van der Waals surface area contributed by atoms with Gasteiger partial charge in [0.2, 0.25) is 11.8 Å². The van der Waals surface area contributed by atoms with E-state index in [0.29, 0.717) is 22.8 Å². The SMILES string of the molecule is C=C(COc1cc(C(F)(F)F)ccc1NC(=O)NCc1ccc2c(c1)CN(C1CCC(=O)NC1=O)C2=O)C(=O)OC(C)(C)C. The first-order chi connectivity index (χ1) is 20.5. The molecule has 5 amide bonds. The molecule has 11 nitrogen and oxygen atoms in total. The lowest BCUT2D eigenvalue weighted by atomic mass is 10.0. The van der Waals surface area contributed by atoms with Crippen LogP contribution in [-0.2, 0) is 38.4 Å². The summed E-state index contributed by atoms with van der Waals surface area (Å²) in [7, 11) is 0. The van der Waals surface area contributed by atoms with E-state index in [1.54, 1.807) is 39.0 Å². The molecule has 4 rings (SSSR count). The molecule has 44 heavy (non-hydrogen) atoms. The van der Waals surface area contributed by atoms with Gasteiger partial charge < -0.3 is 25.0 Å². The summed E-state index contributed by atoms with van der Waals surface area (Å²) in [5.41, 5.74) is -0.409. The van der Waals surface area contributed by atoms with Gasteiger partial charge in [-0.25, -0.2) is 9.59 Å². The first-order valence-electron chi connectivity index (χ1n) is 13.6. The Balaban J connectivity index is 1.40. The number of nitrogens with zero attached hydrogens (tertiary/aromatic N) is 1. The second-order valence-corrected chi connectivity index (χ2v) is 11.3. The highest BCUT2D eigenvalue weighted by Crippen LogP contribution is 2.35. The number of anilines is 1. The fraction of sp³-hybridized carbons (Fsp3) is 0.367. The van der Waals surface area contributed by atoms with Gasteiger partial charge in [-0.3, -0.25) is 19.7 Å². The van der Waals surface area contributed by atoms with Crippen molar-refractivity contribution in [1.29, 1.82) is 0 Å². The lowest BCUT2D eigenvalue weighted by molar-refractivity contribution is -0.150. The second-order valence-electron chi connectivity index (χ2n) is 11.3. The Morgan fingerprint density at radius 1 is 1.09 bits per heavy atom. The zero-order chi connectivity index (χ0) is 32.4. The summed E-state index contributed by atoms with van der Waals surface area (Å²) in [4.78, 5) is 62.9. The van der Waals surface area contributed by atoms with Gasteiger partial charge in [-0.15, -0.1) is 0 Å². The molecule has 1 saturated heterocycles. The molecule has 14 heteroatoms. The molecule has 2 heterocycles. The topological polar surface area (TPSA) is 143 Å². The number of rotatable bonds is 8. The van der Waals surface area contributed by atoms with Crippen LogP contribution in [0.15, 0.2) is 48.6 Å². The standard InChI is InChI=1S/C30H31F3N4O7/c1-16(27(41)44-29(2,3)4)15-43-23-12-19(30(31,32)33)6-8-21(23)35-28(42)34-13-17-5-7-20-18(11-17)14-37(26(20)40)22-9-10-24(38)36-25(22)39/h5-8,11-12,22H,1,9-10,13-15H2,2-4H3,(H2,34,35,42)(H,36,38,39). The summed E-state index contributed by atoms with van der Waals surface area (Å²) in [6.45, 7) is 8.16. The number of fused-ring (bicyclic) bond motifs is 1. The van der Waals surface area contributed by atoms with Gasteiger partial charge in [-0.05, 0) is 62.6 Å². The molecule has 1 fully saturated rings. The zero-order valence-electron chi connectivity index (χ0n) is 24.2. The minimum Gasteiger partial charge on any atom is -0.486 e. The van der Waals surface area contributed by atoms with Crippen molar-refractivity contribution in [3.8, 4) is 5.75 Å². The summed E-state index contributed by atoms with van der Waals surface area (Å²) < 4.78 is 50.7. The van der Waals surface area contributed by atoms with E-state index in [0.717, 1.165) is 12.1 Å². The number of hydrogen-bond acceptors (Lipinski definition) is 7. The Morgan fingerprint density at radius 3 is 2.48 bits per heavy atom. The molecule has 0 aliphatic carbocycles. The number of urea groups is 1. The third kappa shape index (κ3) is 7.74. The average molecular weight is 617 g/mol. The number of amides is 5. The zero-order valence-corrected chi connectivity index (χ0v) is 24.2. The number of piperidine rings is 1. The summed E-state index contributed by atoms with van der Waals surface area (Å²) in [5.74, 6) is -2.38. The second kappa shape index (κ2) is 12.4. The number of imide groups is 1. The summed E-state index contributed by atoms with van der Waals surface area (Å²) in [5, 5.41) is 7.29. The number of nitrogens with one attached hydrogen (secondary N) is 3. The molecule has 0 aromatic heterocycles. The predicted molar refractivity (Wildman–Crippen MR) is 150 cm³/mol. The number of carbonyl (C=O) groups excluding carboxylic acids is 5. The highest BCUT2D eigenvalue weighted by molar-refractivity contribution is 6.05. The van der Waals surface area contributed by atoms with Gasteiger partial charge in [0.05, 0.1) is 16.8 Å². The van der Waals surface area contributed by atoms with Gasteiger partial charge in [-0.2, -0.15) is 13.2 Å². The molecule has 2 aliphatic rings. The molecule has 2 aromatic carbocycles. The van der Waals surface area contributed by atoms with E-state index in [2.05, 4.69) is 22.5 Å². The molecule has 0 saturated carbocycles. The number of ether oxygens (including phenoxy) is 2. The molecule has 234 valence electrons. The van der Waals surface area contributed by atoms with Crippen LogP contribution in [0.4, 0.5) is 23.7 Å². The van der Waals surface area contributed by atoms with Gasteiger partial charge >= 0.3 is 18.2 Å². The van der Waals surface area contributed by atoms with E-state index in [1.807, 2.05) is 0 Å². The average Bonchev–Trinajstić information content (AvgIpc) is 3.24. The number of esters is 1. The van der Waals surface area contributed by atoms with Crippen molar-refractivity contribution >= 4 is 35.4 Å². The fourth-order valence-corrected chi connectivity index (χ4v) is 4.58. The summed E-state index contributed by atoms with van der Waals surface area (Å²) in [6, 6.07) is 5.88. The Labute approximate surface area is 250 Å². The van der Waals surface area contributed by atoms with E-state index >= 15 is 0 Å². The van der Waals surface area contributed by atoms with Crippen LogP contribution >= 0.6 is 0 Å². The molecule has 0 bridgehead atoms. The molecule has 1 atom stereocenters. The van der Waals surface area contributed by atoms with Crippen molar-refractivity contribution < 1.29 is 46.6 Å². The van der Waals surface area contributed by atoms with Crippen LogP contribution in [0, 0.1) is 0 Å². The Bertz CT molecular complexity index is 1530. The quantitative estimate of drug-likeness (QED) is 0.231. The van der Waals surface area contributed by atoms with Gasteiger partial charge in [-0.1, -0.05) is 18.7 Å². The van der Waals surface area contributed by atoms with Crippen molar-refractivity contribution in [2.75, 3.05) is 11.9 Å². The van der Waals surface area contributed by atoms with Gasteiger partial charge in [0.25, 0.3) is 5.91 Å². The third-order valence-corrected chi connectivity index (χ3v) is 6.69. The number of benzene rings is 2. The maximum absolute atomic E-state index is 13.4. The first-order valence-corrected chi connectivity index (χ1v) is 13.6. The first kappa shape index (κ1) is 32.0. The van der Waals surface area contributed by atoms with Crippen molar-refractivity contribution in [1.82, 2.24) is 15.5 Å². The van der Waals surface area contributed by atoms with Crippen molar-refractivity contribution in [2.24, 2.45) is 0 Å². The van der Waals surface area contributed by atoms with Crippen LogP contribution in [0.1, 0.15) is 60.7 Å². The lowest BCUT2D eigenvalue weighted by Crippen LogP contribution is -2.52. The predicted octanol–water partition coefficient (Wildman–Crippen LogP) is 4.06. The normalized spacial score (nSPS) is 16.6. The van der Waals surface area contributed by atoms with Gasteiger partial charge in [0.15, 0.2) is 0 Å². The van der Waals surface area contributed by atoms with E-state index in [9.17, 15) is 37.1 Å². The Hall–Kier alpha value is -4.88. The minimum absolute atomic E-state index is 0.00199. The lowest BCUT2D eigenvalue weighted by Gasteiger charge is -2.29. The monoisotopic (exact) mass is 616 g/mol. The smallest absolute Gasteiger partial charge is 0.416 e. The molecule has 3 N–H and O–H groups in total. The molecule has 0 spiro atoms. The largest absolute Gasteiger partial charge is 0.486 e. The molecule has 2 aliphatic heterocycles. The van der Waals surface area contributed by atoms with Crippen LogP contribution < -0.4 is 20.7 Å². The van der Waals surface area contributed by atoms with E-state index < -0.39 is 47.9 Å². The number of halogens is 3. The summed E-state index contributed by atoms with van der Waals surface area (Å²) >= 11 is 0. The molecule has 2 aromatic rings.